The van der Waals surface area contributed by atoms with Crippen LogP contribution in [0.15, 0.2) is 41.3 Å². The van der Waals surface area contributed by atoms with Crippen molar-refractivity contribution >= 4 is 29.3 Å². The largest absolute Gasteiger partial charge is 0.481 e. The molecule has 1 aromatic carbocycles. The van der Waals surface area contributed by atoms with Crippen molar-refractivity contribution in [1.29, 1.82) is 0 Å². The molecule has 1 aromatic rings. The van der Waals surface area contributed by atoms with Crippen LogP contribution in [0.25, 0.3) is 0 Å². The summed E-state index contributed by atoms with van der Waals surface area (Å²) in [5.41, 5.74) is 0.700. The fourth-order valence-electron chi connectivity index (χ4n) is 2.29. The number of carbonyl (C=O) groups is 2. The minimum atomic E-state index is -0.910. The first-order valence-corrected chi connectivity index (χ1v) is 7.67. The third-order valence-electron chi connectivity index (χ3n) is 3.44. The molecule has 5 heteroatoms. The zero-order valence-electron chi connectivity index (χ0n) is 11.2. The number of carboxylic acid groups (broad SMARTS) is 1. The van der Waals surface area contributed by atoms with Gasteiger partial charge in [-0.2, -0.15) is 0 Å². The standard InChI is InChI=1S/C15H17NO3S/c1-20-11-8-6-10(7-9-11)16-14(17)12-4-2-3-5-13(12)15(18)19/h2-3,6-9,12-13H,4-5H2,1H3,(H,16,17)(H,18,19). The van der Waals surface area contributed by atoms with Gasteiger partial charge in [-0.1, -0.05) is 12.2 Å². The molecule has 2 rings (SSSR count). The molecule has 0 saturated heterocycles. The van der Waals surface area contributed by atoms with E-state index in [-0.39, 0.29) is 5.91 Å². The first kappa shape index (κ1) is 14.7. The zero-order chi connectivity index (χ0) is 14.5. The van der Waals surface area contributed by atoms with Gasteiger partial charge in [0.05, 0.1) is 11.8 Å². The van der Waals surface area contributed by atoms with Gasteiger partial charge >= 0.3 is 5.97 Å². The van der Waals surface area contributed by atoms with E-state index in [0.29, 0.717) is 18.5 Å². The van der Waals surface area contributed by atoms with Gasteiger partial charge in [0.1, 0.15) is 0 Å². The number of thioether (sulfide) groups is 1. The van der Waals surface area contributed by atoms with Crippen LogP contribution in [-0.2, 0) is 9.59 Å². The lowest BCUT2D eigenvalue weighted by atomic mass is 9.82. The molecule has 0 heterocycles. The fraction of sp³-hybridized carbons (Fsp3) is 0.333. The normalized spacial score (nSPS) is 21.4. The molecule has 0 bridgehead atoms. The van der Waals surface area contributed by atoms with Gasteiger partial charge in [-0.15, -0.1) is 11.8 Å². The van der Waals surface area contributed by atoms with Gasteiger partial charge < -0.3 is 10.4 Å². The molecule has 20 heavy (non-hydrogen) atoms. The number of benzene rings is 1. The van der Waals surface area contributed by atoms with E-state index in [1.54, 1.807) is 11.8 Å². The predicted octanol–water partition coefficient (Wildman–Crippen LogP) is 3.01. The molecule has 2 unspecified atom stereocenters. The summed E-state index contributed by atoms with van der Waals surface area (Å²) in [6, 6.07) is 7.52. The topological polar surface area (TPSA) is 66.4 Å². The Labute approximate surface area is 122 Å². The molecular formula is C15H17NO3S. The summed E-state index contributed by atoms with van der Waals surface area (Å²) in [5.74, 6) is -2.27. The number of anilines is 1. The van der Waals surface area contributed by atoms with Crippen molar-refractivity contribution in [2.45, 2.75) is 17.7 Å². The minimum absolute atomic E-state index is 0.223. The first-order valence-electron chi connectivity index (χ1n) is 6.44. The van der Waals surface area contributed by atoms with E-state index in [2.05, 4.69) is 5.32 Å². The maximum atomic E-state index is 12.2. The van der Waals surface area contributed by atoms with Crippen LogP contribution >= 0.6 is 11.8 Å². The number of nitrogens with one attached hydrogen (secondary N) is 1. The number of aliphatic carboxylic acids is 1. The highest BCUT2D eigenvalue weighted by atomic mass is 32.2. The third-order valence-corrected chi connectivity index (χ3v) is 4.19. The van der Waals surface area contributed by atoms with Gasteiger partial charge in [-0.3, -0.25) is 9.59 Å². The van der Waals surface area contributed by atoms with Gasteiger partial charge in [-0.25, -0.2) is 0 Å². The Balaban J connectivity index is 2.06. The zero-order valence-corrected chi connectivity index (χ0v) is 12.0. The molecule has 2 atom stereocenters. The van der Waals surface area contributed by atoms with E-state index in [4.69, 9.17) is 0 Å². The van der Waals surface area contributed by atoms with Crippen LogP contribution in [0.1, 0.15) is 12.8 Å². The van der Waals surface area contributed by atoms with E-state index in [1.807, 2.05) is 42.7 Å². The van der Waals surface area contributed by atoms with Crippen LogP contribution < -0.4 is 5.32 Å². The molecule has 1 aliphatic carbocycles. The summed E-state index contributed by atoms with van der Waals surface area (Å²) in [4.78, 5) is 24.5. The van der Waals surface area contributed by atoms with Crippen LogP contribution in [0.5, 0.6) is 0 Å². The lowest BCUT2D eigenvalue weighted by Crippen LogP contribution is -2.34. The van der Waals surface area contributed by atoms with Crippen molar-refractivity contribution in [1.82, 2.24) is 0 Å². The maximum Gasteiger partial charge on any atom is 0.307 e. The Morgan fingerprint density at radius 2 is 1.75 bits per heavy atom. The molecule has 0 radical (unpaired) electrons. The summed E-state index contributed by atoms with van der Waals surface area (Å²) in [5, 5.41) is 12.0. The molecule has 0 fully saturated rings. The average Bonchev–Trinajstić information content (AvgIpc) is 2.48. The van der Waals surface area contributed by atoms with E-state index in [9.17, 15) is 14.7 Å². The van der Waals surface area contributed by atoms with Crippen molar-refractivity contribution in [2.24, 2.45) is 11.8 Å². The minimum Gasteiger partial charge on any atom is -0.481 e. The smallest absolute Gasteiger partial charge is 0.307 e. The van der Waals surface area contributed by atoms with Crippen LogP contribution in [0, 0.1) is 11.8 Å². The van der Waals surface area contributed by atoms with Gasteiger partial charge in [-0.05, 0) is 43.4 Å². The number of hydrogen-bond acceptors (Lipinski definition) is 3. The highest BCUT2D eigenvalue weighted by Gasteiger charge is 2.33. The summed E-state index contributed by atoms with van der Waals surface area (Å²) in [7, 11) is 0. The molecule has 0 saturated carbocycles. The van der Waals surface area contributed by atoms with Crippen LogP contribution in [0.4, 0.5) is 5.69 Å². The molecule has 0 aromatic heterocycles. The van der Waals surface area contributed by atoms with E-state index in [1.165, 1.54) is 0 Å². The second-order valence-electron chi connectivity index (χ2n) is 4.71. The summed E-state index contributed by atoms with van der Waals surface area (Å²) in [6.07, 6.45) is 6.58. The molecule has 0 aliphatic heterocycles. The monoisotopic (exact) mass is 291 g/mol. The molecule has 4 nitrogen and oxygen atoms in total. The van der Waals surface area contributed by atoms with Crippen molar-refractivity contribution in [3.05, 3.63) is 36.4 Å². The molecular weight excluding hydrogens is 274 g/mol. The van der Waals surface area contributed by atoms with Gasteiger partial charge in [0.15, 0.2) is 0 Å². The van der Waals surface area contributed by atoms with Gasteiger partial charge in [0.2, 0.25) is 5.91 Å². The quantitative estimate of drug-likeness (QED) is 0.661. The van der Waals surface area contributed by atoms with Crippen molar-refractivity contribution in [3.8, 4) is 0 Å². The number of carbonyl (C=O) groups excluding carboxylic acids is 1. The molecule has 2 N–H and O–H groups in total. The van der Waals surface area contributed by atoms with Crippen molar-refractivity contribution in [3.63, 3.8) is 0 Å². The SMILES string of the molecule is CSc1ccc(NC(=O)C2CC=CCC2C(=O)O)cc1. The number of hydrogen-bond donors (Lipinski definition) is 2. The van der Waals surface area contributed by atoms with Gasteiger partial charge in [0.25, 0.3) is 0 Å². The maximum absolute atomic E-state index is 12.2. The van der Waals surface area contributed by atoms with E-state index >= 15 is 0 Å². The number of amides is 1. The molecule has 1 amide bonds. The average molecular weight is 291 g/mol. The molecule has 1 aliphatic rings. The number of rotatable bonds is 4. The van der Waals surface area contributed by atoms with Crippen LogP contribution in [-0.4, -0.2) is 23.2 Å². The second-order valence-corrected chi connectivity index (χ2v) is 5.59. The highest BCUT2D eigenvalue weighted by Crippen LogP contribution is 2.27. The number of allylic oxidation sites excluding steroid dienone is 2. The fourth-order valence-corrected chi connectivity index (χ4v) is 2.69. The lowest BCUT2D eigenvalue weighted by Gasteiger charge is -2.24. The van der Waals surface area contributed by atoms with E-state index < -0.39 is 17.8 Å². The highest BCUT2D eigenvalue weighted by molar-refractivity contribution is 7.98. The van der Waals surface area contributed by atoms with E-state index in [0.717, 1.165) is 4.90 Å². The Bertz CT molecular complexity index is 524. The Kier molecular flexibility index (Phi) is 4.84. The van der Waals surface area contributed by atoms with Crippen molar-refractivity contribution < 1.29 is 14.7 Å². The van der Waals surface area contributed by atoms with Gasteiger partial charge in [0, 0.05) is 10.6 Å². The predicted molar refractivity (Wildman–Crippen MR) is 79.8 cm³/mol. The summed E-state index contributed by atoms with van der Waals surface area (Å²) in [6.45, 7) is 0. The summed E-state index contributed by atoms with van der Waals surface area (Å²) < 4.78 is 0. The summed E-state index contributed by atoms with van der Waals surface area (Å²) >= 11 is 1.63. The van der Waals surface area contributed by atoms with Crippen molar-refractivity contribution in [2.75, 3.05) is 11.6 Å². The second kappa shape index (κ2) is 6.61. The Morgan fingerprint density at radius 1 is 1.15 bits per heavy atom. The Hall–Kier alpha value is -1.75. The lowest BCUT2D eigenvalue weighted by molar-refractivity contribution is -0.146. The Morgan fingerprint density at radius 3 is 2.30 bits per heavy atom. The number of carboxylic acids is 1. The molecule has 106 valence electrons. The van der Waals surface area contributed by atoms with Crippen LogP contribution in [0.2, 0.25) is 0 Å². The van der Waals surface area contributed by atoms with Crippen LogP contribution in [0.3, 0.4) is 0 Å². The molecule has 0 spiro atoms. The first-order chi connectivity index (χ1) is 9.61. The third kappa shape index (κ3) is 3.42.